The van der Waals surface area contributed by atoms with Crippen molar-refractivity contribution in [3.63, 3.8) is 0 Å². The lowest BCUT2D eigenvalue weighted by Gasteiger charge is -2.27. The molecule has 6 nitrogen and oxygen atoms in total. The molecular weight excluding hydrogens is 301 g/mol. The quantitative estimate of drug-likeness (QED) is 0.622. The number of nitrogens with one attached hydrogen (secondary N) is 1. The van der Waals surface area contributed by atoms with Crippen molar-refractivity contribution in [2.75, 3.05) is 5.75 Å². The Hall–Kier alpha value is -1.27. The van der Waals surface area contributed by atoms with Gasteiger partial charge in [-0.3, -0.25) is 4.57 Å². The average Bonchev–Trinajstić information content (AvgIpc) is 2.39. The van der Waals surface area contributed by atoms with Crippen LogP contribution in [0, 0.1) is 0 Å². The predicted octanol–water partition coefficient (Wildman–Crippen LogP) is 1.37. The smallest absolute Gasteiger partial charge is 0.372 e. The number of hydrogen-bond donors (Lipinski definition) is 4. The molecule has 0 unspecified atom stereocenters. The van der Waals surface area contributed by atoms with Crippen LogP contribution in [-0.2, 0) is 15.8 Å². The first-order chi connectivity index (χ1) is 9.38. The van der Waals surface area contributed by atoms with Gasteiger partial charge in [-0.05, 0) is 5.56 Å². The van der Waals surface area contributed by atoms with Gasteiger partial charge in [0, 0.05) is 17.1 Å². The van der Waals surface area contributed by atoms with Crippen LogP contribution in [0.5, 0.6) is 0 Å². The molecule has 0 saturated heterocycles. The summed E-state index contributed by atoms with van der Waals surface area (Å²) in [7, 11) is -4.53. The van der Waals surface area contributed by atoms with Crippen molar-refractivity contribution in [1.29, 1.82) is 0 Å². The van der Waals surface area contributed by atoms with Crippen LogP contribution in [0.3, 0.4) is 0 Å². The van der Waals surface area contributed by atoms with E-state index < -0.39 is 19.6 Å². The summed E-state index contributed by atoms with van der Waals surface area (Å²) in [5.74, 6) is -0.886. The Bertz CT molecular complexity index is 583. The second kappa shape index (κ2) is 6.01. The molecule has 8 heteroatoms. The van der Waals surface area contributed by atoms with Crippen LogP contribution in [0.15, 0.2) is 40.7 Å². The lowest BCUT2D eigenvalue weighted by Crippen LogP contribution is -2.41. The molecule has 1 atom stereocenters. The summed E-state index contributed by atoms with van der Waals surface area (Å²) >= 11 is 1.17. The topological polar surface area (TPSA) is 107 Å². The van der Waals surface area contributed by atoms with E-state index in [1.54, 1.807) is 0 Å². The largest absolute Gasteiger partial charge is 0.480 e. The number of aliphatic carboxylic acids is 1. The van der Waals surface area contributed by atoms with Gasteiger partial charge in [0.25, 0.3) is 0 Å². The van der Waals surface area contributed by atoms with Crippen LogP contribution >= 0.6 is 19.4 Å². The van der Waals surface area contributed by atoms with E-state index in [9.17, 15) is 19.1 Å². The molecule has 108 valence electrons. The Balaban J connectivity index is 2.31. The molecule has 0 amide bonds. The number of thioether (sulfide) groups is 1. The number of carbonyl (C=O) groups is 1. The SMILES string of the molecule is O=C(O)[C@@H]1CSC(Cc2ccccc2)=C(P(=O)(O)O)N1. The van der Waals surface area contributed by atoms with Crippen molar-refractivity contribution in [3.8, 4) is 0 Å². The average molecular weight is 315 g/mol. The molecule has 0 spiro atoms. The van der Waals surface area contributed by atoms with Crippen molar-refractivity contribution < 1.29 is 24.3 Å². The van der Waals surface area contributed by atoms with Gasteiger partial charge in [0.15, 0.2) is 0 Å². The summed E-state index contributed by atoms with van der Waals surface area (Å²) in [6, 6.07) is 8.26. The first-order valence-corrected chi connectivity index (χ1v) is 8.43. The van der Waals surface area contributed by atoms with Crippen LogP contribution in [0.1, 0.15) is 5.56 Å². The summed E-state index contributed by atoms with van der Waals surface area (Å²) in [6.07, 6.45) is 0.366. The first kappa shape index (κ1) is 15.1. The molecule has 0 aromatic heterocycles. The van der Waals surface area contributed by atoms with Gasteiger partial charge >= 0.3 is 13.6 Å². The molecule has 0 radical (unpaired) electrons. The zero-order valence-corrected chi connectivity index (χ0v) is 12.1. The van der Waals surface area contributed by atoms with Crippen molar-refractivity contribution >= 4 is 25.3 Å². The minimum absolute atomic E-state index is 0.237. The maximum Gasteiger partial charge on any atom is 0.372 e. The monoisotopic (exact) mass is 315 g/mol. The molecule has 0 fully saturated rings. The second-order valence-corrected chi connectivity index (χ2v) is 6.97. The van der Waals surface area contributed by atoms with Crippen LogP contribution in [0.2, 0.25) is 0 Å². The minimum atomic E-state index is -4.53. The fourth-order valence-corrected chi connectivity index (χ4v) is 4.17. The molecule has 1 aromatic rings. The molecule has 1 heterocycles. The molecule has 1 aromatic carbocycles. The molecule has 4 N–H and O–H groups in total. The van der Waals surface area contributed by atoms with E-state index >= 15 is 0 Å². The zero-order valence-electron chi connectivity index (χ0n) is 10.4. The highest BCUT2D eigenvalue weighted by atomic mass is 32.2. The summed E-state index contributed by atoms with van der Waals surface area (Å²) < 4.78 is 11.5. The zero-order chi connectivity index (χ0) is 14.8. The van der Waals surface area contributed by atoms with Gasteiger partial charge < -0.3 is 20.2 Å². The standard InChI is InChI=1S/C12H14NO5PS/c14-12(15)9-7-20-10(11(13-9)19(16,17)18)6-8-4-2-1-3-5-8/h1-5,9,13H,6-7H2,(H,14,15)(H2,16,17,18)/t9-/m0/s1. The Kier molecular flexibility index (Phi) is 4.55. The molecule has 1 aliphatic rings. The van der Waals surface area contributed by atoms with E-state index in [2.05, 4.69) is 5.32 Å². The molecule has 2 rings (SSSR count). The first-order valence-electron chi connectivity index (χ1n) is 5.83. The van der Waals surface area contributed by atoms with Crippen LogP contribution < -0.4 is 5.32 Å². The van der Waals surface area contributed by atoms with E-state index in [1.165, 1.54) is 11.8 Å². The number of carboxylic acid groups (broad SMARTS) is 1. The maximum absolute atomic E-state index is 11.5. The fourth-order valence-electron chi connectivity index (χ4n) is 1.84. The lowest BCUT2D eigenvalue weighted by molar-refractivity contribution is -0.138. The van der Waals surface area contributed by atoms with Gasteiger partial charge in [-0.1, -0.05) is 30.3 Å². The van der Waals surface area contributed by atoms with Gasteiger partial charge in [-0.15, -0.1) is 11.8 Å². The third-order valence-corrected chi connectivity index (χ3v) is 5.13. The van der Waals surface area contributed by atoms with Crippen LogP contribution in [0.4, 0.5) is 0 Å². The summed E-state index contributed by atoms with van der Waals surface area (Å²) in [5.41, 5.74) is 0.640. The van der Waals surface area contributed by atoms with E-state index in [0.29, 0.717) is 11.3 Å². The van der Waals surface area contributed by atoms with E-state index in [4.69, 9.17) is 5.11 Å². The summed E-state index contributed by atoms with van der Waals surface area (Å²) in [5, 5.41) is 11.4. The van der Waals surface area contributed by atoms with Crippen LogP contribution in [0.25, 0.3) is 0 Å². The number of rotatable bonds is 4. The summed E-state index contributed by atoms with van der Waals surface area (Å²) in [6.45, 7) is 0. The Morgan fingerprint density at radius 2 is 2.00 bits per heavy atom. The van der Waals surface area contributed by atoms with E-state index in [1.807, 2.05) is 30.3 Å². The van der Waals surface area contributed by atoms with Crippen molar-refractivity contribution in [2.45, 2.75) is 12.5 Å². The predicted molar refractivity (Wildman–Crippen MR) is 76.2 cm³/mol. The van der Waals surface area contributed by atoms with Gasteiger partial charge in [-0.25, -0.2) is 4.79 Å². The Morgan fingerprint density at radius 3 is 2.55 bits per heavy atom. The fraction of sp³-hybridized carbons (Fsp3) is 0.250. The highest BCUT2D eigenvalue weighted by Crippen LogP contribution is 2.49. The maximum atomic E-state index is 11.5. The van der Waals surface area contributed by atoms with Gasteiger partial charge in [0.05, 0.1) is 0 Å². The normalized spacial score (nSPS) is 19.6. The van der Waals surface area contributed by atoms with Crippen molar-refractivity contribution in [2.24, 2.45) is 0 Å². The van der Waals surface area contributed by atoms with E-state index in [0.717, 1.165) is 5.56 Å². The van der Waals surface area contributed by atoms with Crippen LogP contribution in [-0.4, -0.2) is 32.7 Å². The molecule has 1 aliphatic heterocycles. The molecule has 0 bridgehead atoms. The van der Waals surface area contributed by atoms with Gasteiger partial charge in [0.2, 0.25) is 0 Å². The third kappa shape index (κ3) is 3.64. The van der Waals surface area contributed by atoms with Gasteiger partial charge in [0.1, 0.15) is 11.5 Å². The highest BCUT2D eigenvalue weighted by molar-refractivity contribution is 8.03. The van der Waals surface area contributed by atoms with Crippen molar-refractivity contribution in [1.82, 2.24) is 5.32 Å². The molecule has 0 saturated carbocycles. The lowest BCUT2D eigenvalue weighted by atomic mass is 10.1. The highest BCUT2D eigenvalue weighted by Gasteiger charge is 2.34. The second-order valence-electron chi connectivity index (χ2n) is 4.32. The van der Waals surface area contributed by atoms with Crippen molar-refractivity contribution in [3.05, 3.63) is 46.2 Å². The third-order valence-electron chi connectivity index (χ3n) is 2.80. The minimum Gasteiger partial charge on any atom is -0.480 e. The number of allylic oxidation sites excluding steroid dienone is 1. The Labute approximate surface area is 120 Å². The molecular formula is C12H14NO5PS. The number of carboxylic acids is 1. The summed E-state index contributed by atoms with van der Waals surface area (Å²) in [4.78, 5) is 30.2. The Morgan fingerprint density at radius 1 is 1.35 bits per heavy atom. The van der Waals surface area contributed by atoms with Gasteiger partial charge in [-0.2, -0.15) is 0 Å². The molecule has 0 aliphatic carbocycles. The molecule has 20 heavy (non-hydrogen) atoms. The van der Waals surface area contributed by atoms with E-state index in [-0.39, 0.29) is 11.2 Å². The number of benzene rings is 1. The number of hydrogen-bond acceptors (Lipinski definition) is 4.